The fraction of sp³-hybridized carbons (Fsp3) is 0.647. The Balaban J connectivity index is 1.90. The normalized spacial score (nSPS) is 21.7. The monoisotopic (exact) mass is 260 g/mol. The van der Waals surface area contributed by atoms with Gasteiger partial charge in [0.1, 0.15) is 0 Å². The minimum atomic E-state index is 0.504. The van der Waals surface area contributed by atoms with Crippen LogP contribution in [-0.2, 0) is 0 Å². The predicted octanol–water partition coefficient (Wildman–Crippen LogP) is 3.60. The van der Waals surface area contributed by atoms with Crippen molar-refractivity contribution in [3.05, 3.63) is 35.9 Å². The van der Waals surface area contributed by atoms with Crippen molar-refractivity contribution in [1.29, 1.82) is 0 Å². The summed E-state index contributed by atoms with van der Waals surface area (Å²) >= 11 is 0. The lowest BCUT2D eigenvalue weighted by atomic mass is 10.0. The molecule has 1 aliphatic rings. The fourth-order valence-corrected chi connectivity index (χ4v) is 3.27. The van der Waals surface area contributed by atoms with Crippen molar-refractivity contribution in [2.24, 2.45) is 0 Å². The Kier molecular flexibility index (Phi) is 5.87. The van der Waals surface area contributed by atoms with Gasteiger partial charge in [0.15, 0.2) is 0 Å². The van der Waals surface area contributed by atoms with Crippen LogP contribution < -0.4 is 5.32 Å². The molecule has 0 bridgehead atoms. The van der Waals surface area contributed by atoms with Crippen molar-refractivity contribution in [2.45, 2.75) is 51.6 Å². The van der Waals surface area contributed by atoms with Gasteiger partial charge < -0.3 is 10.2 Å². The molecule has 0 radical (unpaired) electrons. The van der Waals surface area contributed by atoms with Crippen LogP contribution in [0.4, 0.5) is 0 Å². The van der Waals surface area contributed by atoms with Crippen molar-refractivity contribution in [3.8, 4) is 0 Å². The summed E-state index contributed by atoms with van der Waals surface area (Å²) in [6, 6.07) is 12.2. The van der Waals surface area contributed by atoms with E-state index in [2.05, 4.69) is 54.4 Å². The lowest BCUT2D eigenvalue weighted by molar-refractivity contribution is 0.234. The predicted molar refractivity (Wildman–Crippen MR) is 82.4 cm³/mol. The van der Waals surface area contributed by atoms with Gasteiger partial charge in [-0.3, -0.25) is 0 Å². The quantitative estimate of drug-likeness (QED) is 0.806. The molecule has 0 spiro atoms. The van der Waals surface area contributed by atoms with Crippen molar-refractivity contribution in [2.75, 3.05) is 19.6 Å². The van der Waals surface area contributed by atoms with Gasteiger partial charge in [-0.25, -0.2) is 0 Å². The van der Waals surface area contributed by atoms with Crippen molar-refractivity contribution < 1.29 is 0 Å². The topological polar surface area (TPSA) is 15.3 Å². The first-order chi connectivity index (χ1) is 9.35. The average molecular weight is 260 g/mol. The molecule has 1 aliphatic heterocycles. The van der Waals surface area contributed by atoms with Crippen molar-refractivity contribution >= 4 is 0 Å². The van der Waals surface area contributed by atoms with Gasteiger partial charge in [0.05, 0.1) is 0 Å². The smallest absolute Gasteiger partial charge is 0.0332 e. The molecule has 1 saturated heterocycles. The molecule has 1 heterocycles. The Morgan fingerprint density at radius 3 is 2.74 bits per heavy atom. The molecule has 0 saturated carbocycles. The SMILES string of the molecule is CCNC(CCN1CCCC1CC)c1ccccc1. The summed E-state index contributed by atoms with van der Waals surface area (Å²) < 4.78 is 0. The van der Waals surface area contributed by atoms with E-state index in [1.165, 1.54) is 44.3 Å². The van der Waals surface area contributed by atoms with Crippen LogP contribution in [0.5, 0.6) is 0 Å². The zero-order chi connectivity index (χ0) is 13.5. The summed E-state index contributed by atoms with van der Waals surface area (Å²) in [6.07, 6.45) is 5.30. The lowest BCUT2D eigenvalue weighted by Gasteiger charge is -2.26. The van der Waals surface area contributed by atoms with Gasteiger partial charge in [0.25, 0.3) is 0 Å². The Labute approximate surface area is 118 Å². The molecule has 2 atom stereocenters. The summed E-state index contributed by atoms with van der Waals surface area (Å²) in [5.74, 6) is 0. The molecule has 1 fully saturated rings. The van der Waals surface area contributed by atoms with Gasteiger partial charge in [-0.15, -0.1) is 0 Å². The molecule has 19 heavy (non-hydrogen) atoms. The first-order valence-electron chi connectivity index (χ1n) is 7.87. The third-order valence-corrected chi connectivity index (χ3v) is 4.33. The van der Waals surface area contributed by atoms with E-state index in [1.54, 1.807) is 0 Å². The third-order valence-electron chi connectivity index (χ3n) is 4.33. The number of rotatable bonds is 7. The van der Waals surface area contributed by atoms with Crippen LogP contribution in [-0.4, -0.2) is 30.6 Å². The number of likely N-dealkylation sites (tertiary alicyclic amines) is 1. The van der Waals surface area contributed by atoms with E-state index in [1.807, 2.05) is 0 Å². The summed E-state index contributed by atoms with van der Waals surface area (Å²) in [5.41, 5.74) is 1.43. The van der Waals surface area contributed by atoms with Crippen molar-refractivity contribution in [1.82, 2.24) is 10.2 Å². The van der Waals surface area contributed by atoms with Crippen LogP contribution in [0.15, 0.2) is 30.3 Å². The molecule has 106 valence electrons. The van der Waals surface area contributed by atoms with Gasteiger partial charge in [-0.1, -0.05) is 44.2 Å². The minimum Gasteiger partial charge on any atom is -0.310 e. The zero-order valence-corrected chi connectivity index (χ0v) is 12.4. The van der Waals surface area contributed by atoms with Crippen LogP contribution in [0.25, 0.3) is 0 Å². The Hall–Kier alpha value is -0.860. The van der Waals surface area contributed by atoms with Gasteiger partial charge in [0.2, 0.25) is 0 Å². The molecule has 2 heteroatoms. The molecular formula is C17H28N2. The van der Waals surface area contributed by atoms with Crippen LogP contribution >= 0.6 is 0 Å². The van der Waals surface area contributed by atoms with Crippen LogP contribution in [0, 0.1) is 0 Å². The Morgan fingerprint density at radius 2 is 2.05 bits per heavy atom. The van der Waals surface area contributed by atoms with E-state index in [-0.39, 0.29) is 0 Å². The minimum absolute atomic E-state index is 0.504. The highest BCUT2D eigenvalue weighted by atomic mass is 15.2. The Morgan fingerprint density at radius 1 is 1.26 bits per heavy atom. The maximum Gasteiger partial charge on any atom is 0.0332 e. The number of benzene rings is 1. The molecule has 2 unspecified atom stereocenters. The highest BCUT2D eigenvalue weighted by Crippen LogP contribution is 2.23. The highest BCUT2D eigenvalue weighted by Gasteiger charge is 2.23. The summed E-state index contributed by atoms with van der Waals surface area (Å²) in [7, 11) is 0. The first kappa shape index (κ1) is 14.5. The number of hydrogen-bond acceptors (Lipinski definition) is 2. The number of nitrogens with zero attached hydrogens (tertiary/aromatic N) is 1. The summed E-state index contributed by atoms with van der Waals surface area (Å²) in [4.78, 5) is 2.69. The van der Waals surface area contributed by atoms with Crippen molar-refractivity contribution in [3.63, 3.8) is 0 Å². The number of nitrogens with one attached hydrogen (secondary N) is 1. The molecule has 1 aromatic carbocycles. The molecule has 1 aromatic rings. The largest absolute Gasteiger partial charge is 0.310 e. The maximum atomic E-state index is 3.63. The number of hydrogen-bond donors (Lipinski definition) is 1. The molecule has 2 nitrogen and oxygen atoms in total. The fourth-order valence-electron chi connectivity index (χ4n) is 3.27. The highest BCUT2D eigenvalue weighted by molar-refractivity contribution is 5.18. The van der Waals surface area contributed by atoms with E-state index in [0.29, 0.717) is 6.04 Å². The van der Waals surface area contributed by atoms with Gasteiger partial charge >= 0.3 is 0 Å². The summed E-state index contributed by atoms with van der Waals surface area (Å²) in [5, 5.41) is 3.63. The average Bonchev–Trinajstić information content (AvgIpc) is 2.92. The second kappa shape index (κ2) is 7.66. The van der Waals surface area contributed by atoms with E-state index in [4.69, 9.17) is 0 Å². The molecule has 0 amide bonds. The van der Waals surface area contributed by atoms with E-state index in [0.717, 1.165) is 12.6 Å². The Bertz CT molecular complexity index is 350. The van der Waals surface area contributed by atoms with Crippen LogP contribution in [0.1, 0.15) is 51.1 Å². The third kappa shape index (κ3) is 4.05. The standard InChI is InChI=1S/C17H28N2/c1-3-16-11-8-13-19(16)14-12-17(18-4-2)15-9-6-5-7-10-15/h5-7,9-10,16-18H,3-4,8,11-14H2,1-2H3. The zero-order valence-electron chi connectivity index (χ0n) is 12.4. The van der Waals surface area contributed by atoms with E-state index < -0.39 is 0 Å². The molecular weight excluding hydrogens is 232 g/mol. The molecule has 0 aliphatic carbocycles. The van der Waals surface area contributed by atoms with Crippen LogP contribution in [0.3, 0.4) is 0 Å². The summed E-state index contributed by atoms with van der Waals surface area (Å²) in [6.45, 7) is 8.08. The van der Waals surface area contributed by atoms with Crippen LogP contribution in [0.2, 0.25) is 0 Å². The van der Waals surface area contributed by atoms with Gasteiger partial charge in [-0.2, -0.15) is 0 Å². The second-order valence-corrected chi connectivity index (χ2v) is 5.55. The molecule has 1 N–H and O–H groups in total. The van der Waals surface area contributed by atoms with E-state index >= 15 is 0 Å². The maximum absolute atomic E-state index is 3.63. The van der Waals surface area contributed by atoms with E-state index in [9.17, 15) is 0 Å². The van der Waals surface area contributed by atoms with Gasteiger partial charge in [0, 0.05) is 18.6 Å². The first-order valence-corrected chi connectivity index (χ1v) is 7.87. The lowest BCUT2D eigenvalue weighted by Crippen LogP contribution is -2.32. The molecule has 2 rings (SSSR count). The second-order valence-electron chi connectivity index (χ2n) is 5.55. The molecule has 0 aromatic heterocycles. The van der Waals surface area contributed by atoms with Gasteiger partial charge in [-0.05, 0) is 44.3 Å².